The van der Waals surface area contributed by atoms with Crippen molar-refractivity contribution < 1.29 is 14.7 Å². The largest absolute Gasteiger partial charge is 0.481 e. The van der Waals surface area contributed by atoms with E-state index in [0.717, 1.165) is 11.3 Å². The molecule has 0 bridgehead atoms. The van der Waals surface area contributed by atoms with Crippen LogP contribution in [-0.2, 0) is 11.3 Å². The Labute approximate surface area is 147 Å². The van der Waals surface area contributed by atoms with Gasteiger partial charge in [-0.05, 0) is 26.3 Å². The van der Waals surface area contributed by atoms with Crippen LogP contribution in [0.5, 0.6) is 0 Å². The number of benzene rings is 1. The smallest absolute Gasteiger partial charge is 0.308 e. The lowest BCUT2D eigenvalue weighted by atomic mass is 9.89. The molecule has 1 aromatic heterocycles. The number of hydrogen-bond acceptors (Lipinski definition) is 3. The number of rotatable bonds is 4. The highest BCUT2D eigenvalue weighted by Gasteiger charge is 2.41. The zero-order valence-electron chi connectivity index (χ0n) is 14.8. The van der Waals surface area contributed by atoms with Crippen molar-refractivity contribution in [2.24, 2.45) is 5.92 Å². The van der Waals surface area contributed by atoms with E-state index in [4.69, 9.17) is 0 Å². The summed E-state index contributed by atoms with van der Waals surface area (Å²) in [5.74, 6) is -1.76. The summed E-state index contributed by atoms with van der Waals surface area (Å²) in [6, 6.07) is 9.57. The molecule has 1 amide bonds. The maximum Gasteiger partial charge on any atom is 0.308 e. The molecule has 3 rings (SSSR count). The summed E-state index contributed by atoms with van der Waals surface area (Å²) >= 11 is 0. The van der Waals surface area contributed by atoms with Gasteiger partial charge in [-0.3, -0.25) is 14.3 Å². The van der Waals surface area contributed by atoms with Crippen molar-refractivity contribution in [2.75, 3.05) is 13.1 Å². The van der Waals surface area contributed by atoms with Gasteiger partial charge in [-0.25, -0.2) is 0 Å². The molecule has 2 aromatic rings. The Hall–Kier alpha value is -2.63. The van der Waals surface area contributed by atoms with E-state index < -0.39 is 11.9 Å². The van der Waals surface area contributed by atoms with Gasteiger partial charge in [-0.1, -0.05) is 30.3 Å². The summed E-state index contributed by atoms with van der Waals surface area (Å²) in [6.07, 6.45) is 0. The number of carboxylic acids is 1. The van der Waals surface area contributed by atoms with Gasteiger partial charge in [0.1, 0.15) is 0 Å². The van der Waals surface area contributed by atoms with E-state index in [1.54, 1.807) is 4.90 Å². The highest BCUT2D eigenvalue weighted by Crippen LogP contribution is 2.34. The van der Waals surface area contributed by atoms with Crippen molar-refractivity contribution in [3.05, 3.63) is 52.8 Å². The molecule has 1 N–H and O–H groups in total. The number of amides is 1. The number of carboxylic acid groups (broad SMARTS) is 1. The van der Waals surface area contributed by atoms with E-state index in [-0.39, 0.29) is 18.4 Å². The van der Waals surface area contributed by atoms with Crippen molar-refractivity contribution in [1.29, 1.82) is 0 Å². The van der Waals surface area contributed by atoms with Crippen LogP contribution < -0.4 is 0 Å². The van der Waals surface area contributed by atoms with Crippen LogP contribution in [0.2, 0.25) is 0 Å². The van der Waals surface area contributed by atoms with E-state index in [9.17, 15) is 14.7 Å². The van der Waals surface area contributed by atoms with Gasteiger partial charge < -0.3 is 10.0 Å². The Morgan fingerprint density at radius 3 is 2.44 bits per heavy atom. The Kier molecular flexibility index (Phi) is 4.61. The predicted octanol–water partition coefficient (Wildman–Crippen LogP) is 2.46. The fourth-order valence-electron chi connectivity index (χ4n) is 3.73. The first-order valence-corrected chi connectivity index (χ1v) is 8.55. The Morgan fingerprint density at radius 1 is 1.20 bits per heavy atom. The summed E-state index contributed by atoms with van der Waals surface area (Å²) < 4.78 is 1.81. The number of carbonyl (C=O) groups excluding carboxylic acids is 1. The second kappa shape index (κ2) is 6.70. The minimum absolute atomic E-state index is 0.126. The highest BCUT2D eigenvalue weighted by atomic mass is 16.4. The van der Waals surface area contributed by atoms with Gasteiger partial charge >= 0.3 is 5.97 Å². The average Bonchev–Trinajstić information content (AvgIpc) is 3.17. The number of aryl methyl sites for hydroxylation is 2. The van der Waals surface area contributed by atoms with Gasteiger partial charge in [0, 0.05) is 31.2 Å². The second-order valence-corrected chi connectivity index (χ2v) is 6.53. The van der Waals surface area contributed by atoms with Crippen LogP contribution >= 0.6 is 0 Å². The van der Waals surface area contributed by atoms with Crippen molar-refractivity contribution in [1.82, 2.24) is 14.7 Å². The Bertz CT molecular complexity index is 798. The molecule has 0 unspecified atom stereocenters. The fraction of sp³-hybridized carbons (Fsp3) is 0.421. The number of aromatic nitrogens is 2. The van der Waals surface area contributed by atoms with Crippen molar-refractivity contribution >= 4 is 11.9 Å². The molecule has 1 aliphatic rings. The molecule has 2 atom stereocenters. The number of aliphatic carboxylic acids is 1. The molecule has 6 nitrogen and oxygen atoms in total. The summed E-state index contributed by atoms with van der Waals surface area (Å²) in [6.45, 7) is 7.03. The van der Waals surface area contributed by atoms with Crippen molar-refractivity contribution in [3.63, 3.8) is 0 Å². The molecule has 1 fully saturated rings. The van der Waals surface area contributed by atoms with E-state index in [0.29, 0.717) is 24.3 Å². The van der Waals surface area contributed by atoms with Crippen LogP contribution in [0.15, 0.2) is 30.3 Å². The third-order valence-corrected chi connectivity index (χ3v) is 5.05. The summed E-state index contributed by atoms with van der Waals surface area (Å²) in [5, 5.41) is 14.0. The standard InChI is InChI=1S/C19H23N3O3/c1-4-22-13(3)17(12(2)20-22)18(23)21-10-15(16(11-21)19(24)25)14-8-6-5-7-9-14/h5-9,15-16H,4,10-11H2,1-3H3,(H,24,25)/t15-,16-/m0/s1. The van der Waals surface area contributed by atoms with Crippen LogP contribution in [0, 0.1) is 19.8 Å². The SMILES string of the molecule is CCn1nc(C)c(C(=O)N2C[C@H](C(=O)O)[C@H](c3ccccc3)C2)c1C. The topological polar surface area (TPSA) is 75.4 Å². The summed E-state index contributed by atoms with van der Waals surface area (Å²) in [7, 11) is 0. The summed E-state index contributed by atoms with van der Waals surface area (Å²) in [5.41, 5.74) is 3.09. The molecule has 1 aromatic carbocycles. The first-order valence-electron chi connectivity index (χ1n) is 8.55. The van der Waals surface area contributed by atoms with E-state index >= 15 is 0 Å². The molecular weight excluding hydrogens is 318 g/mol. The molecular formula is C19H23N3O3. The molecule has 2 heterocycles. The van der Waals surface area contributed by atoms with Gasteiger partial charge in [0.25, 0.3) is 5.91 Å². The Morgan fingerprint density at radius 2 is 1.88 bits per heavy atom. The molecule has 1 saturated heterocycles. The molecule has 25 heavy (non-hydrogen) atoms. The van der Waals surface area contributed by atoms with Gasteiger partial charge in [0.15, 0.2) is 0 Å². The first-order chi connectivity index (χ1) is 11.9. The molecule has 0 radical (unpaired) electrons. The van der Waals surface area contributed by atoms with E-state index in [2.05, 4.69) is 5.10 Å². The quantitative estimate of drug-likeness (QED) is 0.927. The maximum absolute atomic E-state index is 13.0. The zero-order valence-corrected chi connectivity index (χ0v) is 14.8. The van der Waals surface area contributed by atoms with Gasteiger partial charge in [0.2, 0.25) is 0 Å². The first kappa shape index (κ1) is 17.2. The van der Waals surface area contributed by atoms with Crippen LogP contribution in [0.3, 0.4) is 0 Å². The van der Waals surface area contributed by atoms with Crippen molar-refractivity contribution in [2.45, 2.75) is 33.2 Å². The van der Waals surface area contributed by atoms with Crippen molar-refractivity contribution in [3.8, 4) is 0 Å². The fourth-order valence-corrected chi connectivity index (χ4v) is 3.73. The third kappa shape index (κ3) is 3.04. The number of nitrogens with zero attached hydrogens (tertiary/aromatic N) is 3. The predicted molar refractivity (Wildman–Crippen MR) is 93.6 cm³/mol. The normalized spacial score (nSPS) is 20.0. The Balaban J connectivity index is 1.90. The third-order valence-electron chi connectivity index (χ3n) is 5.05. The molecule has 132 valence electrons. The second-order valence-electron chi connectivity index (χ2n) is 6.53. The minimum atomic E-state index is -0.859. The lowest BCUT2D eigenvalue weighted by Crippen LogP contribution is -2.30. The number of hydrogen-bond donors (Lipinski definition) is 1. The lowest BCUT2D eigenvalue weighted by Gasteiger charge is -2.17. The monoisotopic (exact) mass is 341 g/mol. The summed E-state index contributed by atoms with van der Waals surface area (Å²) in [4.78, 5) is 26.4. The van der Waals surface area contributed by atoms with Crippen LogP contribution in [-0.4, -0.2) is 44.8 Å². The van der Waals surface area contributed by atoms with E-state index in [1.807, 2.05) is 55.8 Å². The van der Waals surface area contributed by atoms with Crippen LogP contribution in [0.25, 0.3) is 0 Å². The number of likely N-dealkylation sites (tertiary alicyclic amines) is 1. The average molecular weight is 341 g/mol. The number of carbonyl (C=O) groups is 2. The molecule has 0 aliphatic carbocycles. The zero-order chi connectivity index (χ0) is 18.1. The minimum Gasteiger partial charge on any atom is -0.481 e. The molecule has 0 spiro atoms. The van der Waals surface area contributed by atoms with Gasteiger partial charge in [-0.2, -0.15) is 5.10 Å². The highest BCUT2D eigenvalue weighted by molar-refractivity contribution is 5.97. The molecule has 6 heteroatoms. The van der Waals surface area contributed by atoms with Gasteiger partial charge in [0.05, 0.1) is 17.2 Å². The molecule has 0 saturated carbocycles. The maximum atomic E-state index is 13.0. The van der Waals surface area contributed by atoms with Crippen LogP contribution in [0.4, 0.5) is 0 Å². The molecule has 1 aliphatic heterocycles. The van der Waals surface area contributed by atoms with Crippen LogP contribution in [0.1, 0.15) is 40.2 Å². The van der Waals surface area contributed by atoms with E-state index in [1.165, 1.54) is 0 Å². The lowest BCUT2D eigenvalue weighted by molar-refractivity contribution is -0.141. The van der Waals surface area contributed by atoms with Gasteiger partial charge in [-0.15, -0.1) is 0 Å².